The van der Waals surface area contributed by atoms with Gasteiger partial charge in [-0.05, 0) is 43.0 Å². The maximum absolute atomic E-state index is 13.4. The molecule has 3 aromatic heterocycles. The maximum Gasteiger partial charge on any atom is 0.435 e. The summed E-state index contributed by atoms with van der Waals surface area (Å²) in [7, 11) is 0. The molecule has 1 unspecified atom stereocenters. The Morgan fingerprint density at radius 2 is 2.11 bits per heavy atom. The van der Waals surface area contributed by atoms with Crippen LogP contribution in [-0.4, -0.2) is 26.8 Å². The molecule has 8 heteroatoms. The largest absolute Gasteiger partial charge is 0.435 e. The van der Waals surface area contributed by atoms with Gasteiger partial charge >= 0.3 is 6.18 Å². The van der Waals surface area contributed by atoms with Crippen molar-refractivity contribution < 1.29 is 18.0 Å². The third-order valence-electron chi connectivity index (χ3n) is 4.83. The van der Waals surface area contributed by atoms with Crippen LogP contribution < -0.4 is 5.32 Å². The minimum absolute atomic E-state index is 0.00702. The monoisotopic (exact) mass is 374 g/mol. The molecule has 1 aliphatic carbocycles. The van der Waals surface area contributed by atoms with Crippen molar-refractivity contribution in [1.82, 2.24) is 19.7 Å². The Morgan fingerprint density at radius 1 is 1.26 bits per heavy atom. The van der Waals surface area contributed by atoms with Crippen molar-refractivity contribution in [2.45, 2.75) is 31.4 Å². The normalized spacial score (nSPS) is 16.9. The summed E-state index contributed by atoms with van der Waals surface area (Å²) in [5, 5.41) is 2.66. The first kappa shape index (κ1) is 17.5. The van der Waals surface area contributed by atoms with Crippen LogP contribution in [0.4, 0.5) is 13.2 Å². The summed E-state index contributed by atoms with van der Waals surface area (Å²) in [6, 6.07) is 8.45. The average Bonchev–Trinajstić information content (AvgIpc) is 3.06. The van der Waals surface area contributed by atoms with Gasteiger partial charge in [-0.1, -0.05) is 12.1 Å². The molecular formula is C19H17F3N4O. The van der Waals surface area contributed by atoms with E-state index in [0.717, 1.165) is 30.5 Å². The lowest BCUT2D eigenvalue weighted by atomic mass is 9.86. The number of imidazole rings is 1. The number of pyridine rings is 2. The fraction of sp³-hybridized carbons (Fsp3) is 0.316. The summed E-state index contributed by atoms with van der Waals surface area (Å²) in [4.78, 5) is 20.6. The molecule has 3 heterocycles. The van der Waals surface area contributed by atoms with Gasteiger partial charge in [0.2, 0.25) is 0 Å². The van der Waals surface area contributed by atoms with Crippen molar-refractivity contribution in [3.8, 4) is 0 Å². The molecular weight excluding hydrogens is 357 g/mol. The van der Waals surface area contributed by atoms with E-state index in [4.69, 9.17) is 0 Å². The molecule has 0 spiro atoms. The Hall–Kier alpha value is -2.90. The molecule has 0 fully saturated rings. The highest BCUT2D eigenvalue weighted by Crippen LogP contribution is 2.32. The highest BCUT2D eigenvalue weighted by molar-refractivity contribution is 5.95. The van der Waals surface area contributed by atoms with Crippen LogP contribution in [-0.2, 0) is 12.6 Å². The van der Waals surface area contributed by atoms with E-state index in [2.05, 4.69) is 15.3 Å². The fourth-order valence-electron chi connectivity index (χ4n) is 3.61. The van der Waals surface area contributed by atoms with Gasteiger partial charge in [-0.25, -0.2) is 4.98 Å². The van der Waals surface area contributed by atoms with Crippen LogP contribution in [0.1, 0.15) is 46.2 Å². The lowest BCUT2D eigenvalue weighted by molar-refractivity contribution is -0.141. The van der Waals surface area contributed by atoms with Gasteiger partial charge in [0.05, 0.1) is 0 Å². The molecule has 3 aromatic rings. The van der Waals surface area contributed by atoms with Crippen LogP contribution in [0.15, 0.2) is 42.7 Å². The van der Waals surface area contributed by atoms with E-state index in [-0.39, 0.29) is 18.1 Å². The van der Waals surface area contributed by atoms with Crippen molar-refractivity contribution in [2.24, 2.45) is 0 Å². The van der Waals surface area contributed by atoms with Crippen LogP contribution >= 0.6 is 0 Å². The number of hydrogen-bond donors (Lipinski definition) is 1. The first-order valence-electron chi connectivity index (χ1n) is 8.71. The van der Waals surface area contributed by atoms with E-state index < -0.39 is 23.5 Å². The zero-order chi connectivity index (χ0) is 19.0. The molecule has 27 heavy (non-hydrogen) atoms. The summed E-state index contributed by atoms with van der Waals surface area (Å²) in [6.45, 7) is 0.236. The Morgan fingerprint density at radius 3 is 2.93 bits per heavy atom. The molecule has 1 amide bonds. The third-order valence-corrected chi connectivity index (χ3v) is 4.83. The molecule has 140 valence electrons. The second kappa shape index (κ2) is 6.68. The standard InChI is InChI=1S/C19H17F3N4O/c20-19(21,22)17-16(26-10-2-1-8-14(26)25-17)18(27)24-11-13-6-3-5-12-7-4-9-23-15(12)13/h1-2,4,7-10,13H,3,5-6,11H2,(H,24,27). The number of alkyl halides is 3. The lowest BCUT2D eigenvalue weighted by Crippen LogP contribution is -2.32. The topological polar surface area (TPSA) is 59.3 Å². The summed E-state index contributed by atoms with van der Waals surface area (Å²) >= 11 is 0. The second-order valence-electron chi connectivity index (χ2n) is 6.58. The summed E-state index contributed by atoms with van der Waals surface area (Å²) in [5.74, 6) is -0.795. The molecule has 1 N–H and O–H groups in total. The number of hydrogen-bond acceptors (Lipinski definition) is 3. The van der Waals surface area contributed by atoms with Crippen LogP contribution in [0.2, 0.25) is 0 Å². The maximum atomic E-state index is 13.4. The summed E-state index contributed by atoms with van der Waals surface area (Å²) < 4.78 is 41.3. The lowest BCUT2D eigenvalue weighted by Gasteiger charge is -2.24. The van der Waals surface area contributed by atoms with Crippen LogP contribution in [0.3, 0.4) is 0 Å². The number of amides is 1. The highest BCUT2D eigenvalue weighted by atomic mass is 19.4. The van der Waals surface area contributed by atoms with E-state index in [1.54, 1.807) is 18.3 Å². The van der Waals surface area contributed by atoms with E-state index >= 15 is 0 Å². The van der Waals surface area contributed by atoms with Gasteiger partial charge in [0, 0.05) is 30.6 Å². The molecule has 4 rings (SSSR count). The second-order valence-corrected chi connectivity index (χ2v) is 6.58. The quantitative estimate of drug-likeness (QED) is 0.762. The van der Waals surface area contributed by atoms with Gasteiger partial charge in [0.15, 0.2) is 5.69 Å². The molecule has 0 saturated carbocycles. The number of aryl methyl sites for hydroxylation is 1. The van der Waals surface area contributed by atoms with Crippen LogP contribution in [0.5, 0.6) is 0 Å². The molecule has 1 atom stereocenters. The number of carbonyl (C=O) groups is 1. The van der Waals surface area contributed by atoms with Crippen molar-refractivity contribution in [3.63, 3.8) is 0 Å². The number of fused-ring (bicyclic) bond motifs is 2. The number of rotatable bonds is 3. The van der Waals surface area contributed by atoms with Gasteiger partial charge in [-0.15, -0.1) is 0 Å². The van der Waals surface area contributed by atoms with Gasteiger partial charge in [0.1, 0.15) is 11.3 Å². The van der Waals surface area contributed by atoms with Gasteiger partial charge in [-0.3, -0.25) is 14.2 Å². The minimum atomic E-state index is -4.71. The molecule has 0 radical (unpaired) electrons. The predicted octanol–water partition coefficient (Wildman–Crippen LogP) is 3.60. The predicted molar refractivity (Wildman–Crippen MR) is 92.4 cm³/mol. The molecule has 0 aliphatic heterocycles. The Bertz CT molecular complexity index is 996. The number of aromatic nitrogens is 3. The molecule has 1 aliphatic rings. The molecule has 0 bridgehead atoms. The van der Waals surface area contributed by atoms with E-state index in [0.29, 0.717) is 0 Å². The summed E-state index contributed by atoms with van der Waals surface area (Å²) in [6.07, 6.45) is 1.12. The molecule has 0 aromatic carbocycles. The van der Waals surface area contributed by atoms with E-state index in [1.807, 2.05) is 12.1 Å². The van der Waals surface area contributed by atoms with Crippen LogP contribution in [0, 0.1) is 0 Å². The molecule has 0 saturated heterocycles. The van der Waals surface area contributed by atoms with E-state index in [1.165, 1.54) is 16.7 Å². The van der Waals surface area contributed by atoms with Crippen molar-refractivity contribution in [1.29, 1.82) is 0 Å². The first-order valence-corrected chi connectivity index (χ1v) is 8.71. The number of halogens is 3. The fourth-order valence-corrected chi connectivity index (χ4v) is 3.61. The highest BCUT2D eigenvalue weighted by Gasteiger charge is 2.40. The minimum Gasteiger partial charge on any atom is -0.350 e. The van der Waals surface area contributed by atoms with Crippen molar-refractivity contribution in [2.75, 3.05) is 6.54 Å². The number of nitrogens with zero attached hydrogens (tertiary/aromatic N) is 3. The zero-order valence-electron chi connectivity index (χ0n) is 14.3. The van der Waals surface area contributed by atoms with Gasteiger partial charge in [0.25, 0.3) is 5.91 Å². The van der Waals surface area contributed by atoms with Gasteiger partial charge < -0.3 is 5.32 Å². The van der Waals surface area contributed by atoms with Crippen LogP contribution in [0.25, 0.3) is 5.65 Å². The SMILES string of the molecule is O=C(NCC1CCCc2cccnc21)c1c(C(F)(F)F)nc2ccccn12. The van der Waals surface area contributed by atoms with Crippen molar-refractivity contribution in [3.05, 3.63) is 65.4 Å². The average molecular weight is 374 g/mol. The first-order chi connectivity index (χ1) is 12.9. The summed E-state index contributed by atoms with van der Waals surface area (Å²) in [5.41, 5.74) is 0.468. The Balaban J connectivity index is 1.61. The Labute approximate surface area is 153 Å². The molecule has 5 nitrogen and oxygen atoms in total. The van der Waals surface area contributed by atoms with Crippen molar-refractivity contribution >= 4 is 11.6 Å². The number of nitrogens with one attached hydrogen (secondary N) is 1. The third kappa shape index (κ3) is 3.27. The smallest absolute Gasteiger partial charge is 0.350 e. The Kier molecular flexibility index (Phi) is 4.33. The van der Waals surface area contributed by atoms with Gasteiger partial charge in [-0.2, -0.15) is 13.2 Å². The van der Waals surface area contributed by atoms with E-state index in [9.17, 15) is 18.0 Å². The zero-order valence-corrected chi connectivity index (χ0v) is 14.3. The number of carbonyl (C=O) groups excluding carboxylic acids is 1.